The molecule has 0 spiro atoms. The molecule has 106 valence electrons. The highest BCUT2D eigenvalue weighted by molar-refractivity contribution is 5.78. The molecule has 2 aromatic heterocycles. The van der Waals surface area contributed by atoms with Gasteiger partial charge in [0.25, 0.3) is 0 Å². The average Bonchev–Trinajstić information content (AvgIpc) is 2.64. The van der Waals surface area contributed by atoms with Crippen LogP contribution in [0.15, 0.2) is 24.5 Å². The zero-order valence-electron chi connectivity index (χ0n) is 12.0. The third-order valence-electron chi connectivity index (χ3n) is 3.96. The van der Waals surface area contributed by atoms with Gasteiger partial charge in [-0.3, -0.25) is 4.79 Å². The van der Waals surface area contributed by atoms with Gasteiger partial charge in [0.15, 0.2) is 0 Å². The minimum Gasteiger partial charge on any atom is -0.342 e. The molecule has 4 heteroatoms. The van der Waals surface area contributed by atoms with Crippen molar-refractivity contribution >= 4 is 11.6 Å². The Morgan fingerprint density at radius 1 is 1.25 bits per heavy atom. The number of carbonyl (C=O) groups excluding carboxylic acids is 1. The Kier molecular flexibility index (Phi) is 3.72. The summed E-state index contributed by atoms with van der Waals surface area (Å²) < 4.78 is 1.98. The van der Waals surface area contributed by atoms with Crippen LogP contribution in [0, 0.1) is 6.92 Å². The Hall–Kier alpha value is -1.84. The molecular formula is C16H21N3O. The van der Waals surface area contributed by atoms with Crippen molar-refractivity contribution in [3.05, 3.63) is 35.8 Å². The third-order valence-corrected chi connectivity index (χ3v) is 3.96. The number of aryl methyl sites for hydroxylation is 1. The quantitative estimate of drug-likeness (QED) is 0.842. The summed E-state index contributed by atoms with van der Waals surface area (Å²) >= 11 is 0. The fourth-order valence-corrected chi connectivity index (χ4v) is 2.81. The summed E-state index contributed by atoms with van der Waals surface area (Å²) in [6.07, 6.45) is 9.14. The lowest BCUT2D eigenvalue weighted by Gasteiger charge is -2.19. The number of aromatic nitrogens is 2. The lowest BCUT2D eigenvalue weighted by molar-refractivity contribution is -0.130. The summed E-state index contributed by atoms with van der Waals surface area (Å²) in [5.41, 5.74) is 2.97. The van der Waals surface area contributed by atoms with Gasteiger partial charge in [0, 0.05) is 25.5 Å². The fourth-order valence-electron chi connectivity index (χ4n) is 2.81. The molecule has 1 saturated heterocycles. The molecule has 1 amide bonds. The Morgan fingerprint density at radius 2 is 2.00 bits per heavy atom. The van der Waals surface area contributed by atoms with E-state index in [1.807, 2.05) is 27.8 Å². The zero-order valence-corrected chi connectivity index (χ0v) is 12.0. The molecule has 0 aromatic carbocycles. The Balaban J connectivity index is 1.73. The maximum Gasteiger partial charge on any atom is 0.228 e. The predicted octanol–water partition coefficient (Wildman–Crippen LogP) is 2.59. The largest absolute Gasteiger partial charge is 0.342 e. The van der Waals surface area contributed by atoms with E-state index in [0.717, 1.165) is 37.3 Å². The monoisotopic (exact) mass is 271 g/mol. The molecule has 3 heterocycles. The van der Waals surface area contributed by atoms with E-state index in [0.29, 0.717) is 6.42 Å². The summed E-state index contributed by atoms with van der Waals surface area (Å²) in [6, 6.07) is 4.09. The Bertz CT molecular complexity index is 609. The highest BCUT2D eigenvalue weighted by Crippen LogP contribution is 2.13. The third kappa shape index (κ3) is 2.84. The molecule has 4 nitrogen and oxygen atoms in total. The molecule has 20 heavy (non-hydrogen) atoms. The van der Waals surface area contributed by atoms with E-state index in [1.54, 1.807) is 0 Å². The van der Waals surface area contributed by atoms with E-state index in [-0.39, 0.29) is 5.91 Å². The van der Waals surface area contributed by atoms with E-state index < -0.39 is 0 Å². The molecule has 3 rings (SSSR count). The van der Waals surface area contributed by atoms with Crippen molar-refractivity contribution in [3.8, 4) is 0 Å². The van der Waals surface area contributed by atoms with Crippen molar-refractivity contribution in [2.24, 2.45) is 0 Å². The topological polar surface area (TPSA) is 37.6 Å². The van der Waals surface area contributed by atoms with Crippen LogP contribution >= 0.6 is 0 Å². The zero-order chi connectivity index (χ0) is 13.9. The van der Waals surface area contributed by atoms with E-state index in [4.69, 9.17) is 0 Å². The van der Waals surface area contributed by atoms with Crippen molar-refractivity contribution in [2.75, 3.05) is 13.1 Å². The number of pyridine rings is 1. The minimum atomic E-state index is 0.215. The Morgan fingerprint density at radius 3 is 2.75 bits per heavy atom. The normalized spacial score (nSPS) is 16.4. The summed E-state index contributed by atoms with van der Waals surface area (Å²) in [5.74, 6) is 0.215. The number of hydrogen-bond donors (Lipinski definition) is 0. The SMILES string of the molecule is Cc1ccn2cc(CC(=O)N3CCCCCC3)nc2c1. The molecule has 1 fully saturated rings. The van der Waals surface area contributed by atoms with Crippen LogP contribution in [-0.4, -0.2) is 33.3 Å². The summed E-state index contributed by atoms with van der Waals surface area (Å²) in [7, 11) is 0. The first-order valence-corrected chi connectivity index (χ1v) is 7.44. The van der Waals surface area contributed by atoms with Gasteiger partial charge in [-0.25, -0.2) is 4.98 Å². The molecular weight excluding hydrogens is 250 g/mol. The lowest BCUT2D eigenvalue weighted by atomic mass is 10.2. The number of imidazole rings is 1. The molecule has 1 aliphatic heterocycles. The number of rotatable bonds is 2. The second kappa shape index (κ2) is 5.65. The number of hydrogen-bond acceptors (Lipinski definition) is 2. The molecule has 0 unspecified atom stereocenters. The van der Waals surface area contributed by atoms with Gasteiger partial charge in [0.2, 0.25) is 5.91 Å². The van der Waals surface area contributed by atoms with Crippen molar-refractivity contribution in [2.45, 2.75) is 39.0 Å². The fraction of sp³-hybridized carbons (Fsp3) is 0.500. The molecule has 1 aliphatic rings. The maximum atomic E-state index is 12.3. The summed E-state index contributed by atoms with van der Waals surface area (Å²) in [6.45, 7) is 3.87. The molecule has 0 atom stereocenters. The minimum absolute atomic E-state index is 0.215. The van der Waals surface area contributed by atoms with Crippen molar-refractivity contribution in [3.63, 3.8) is 0 Å². The van der Waals surface area contributed by atoms with Crippen molar-refractivity contribution in [1.82, 2.24) is 14.3 Å². The van der Waals surface area contributed by atoms with E-state index in [2.05, 4.69) is 18.0 Å². The first-order valence-electron chi connectivity index (χ1n) is 7.44. The smallest absolute Gasteiger partial charge is 0.228 e. The van der Waals surface area contributed by atoms with E-state index >= 15 is 0 Å². The standard InChI is InChI=1S/C16H21N3O/c1-13-6-9-19-12-14(17-15(19)10-13)11-16(20)18-7-4-2-3-5-8-18/h6,9-10,12H,2-5,7-8,11H2,1H3. The first kappa shape index (κ1) is 13.2. The molecule has 2 aromatic rings. The van der Waals surface area contributed by atoms with Crippen LogP contribution in [0.4, 0.5) is 0 Å². The second-order valence-corrected chi connectivity index (χ2v) is 5.67. The maximum absolute atomic E-state index is 12.3. The molecule has 0 radical (unpaired) electrons. The highest BCUT2D eigenvalue weighted by atomic mass is 16.2. The average molecular weight is 271 g/mol. The van der Waals surface area contributed by atoms with Gasteiger partial charge >= 0.3 is 0 Å². The lowest BCUT2D eigenvalue weighted by Crippen LogP contribution is -2.33. The van der Waals surface area contributed by atoms with Gasteiger partial charge in [-0.1, -0.05) is 12.8 Å². The van der Waals surface area contributed by atoms with Crippen LogP contribution < -0.4 is 0 Å². The van der Waals surface area contributed by atoms with Crippen LogP contribution in [-0.2, 0) is 11.2 Å². The van der Waals surface area contributed by atoms with Crippen molar-refractivity contribution < 1.29 is 4.79 Å². The van der Waals surface area contributed by atoms with Crippen LogP contribution in [0.2, 0.25) is 0 Å². The predicted molar refractivity (Wildman–Crippen MR) is 78.7 cm³/mol. The summed E-state index contributed by atoms with van der Waals surface area (Å²) in [5, 5.41) is 0. The van der Waals surface area contributed by atoms with E-state index in [1.165, 1.54) is 18.4 Å². The van der Waals surface area contributed by atoms with Crippen LogP contribution in [0.3, 0.4) is 0 Å². The molecule has 0 saturated carbocycles. The first-order chi connectivity index (χ1) is 9.72. The number of fused-ring (bicyclic) bond motifs is 1. The number of carbonyl (C=O) groups is 1. The van der Waals surface area contributed by atoms with Gasteiger partial charge in [-0.2, -0.15) is 0 Å². The van der Waals surface area contributed by atoms with Crippen LogP contribution in [0.25, 0.3) is 5.65 Å². The van der Waals surface area contributed by atoms with Crippen LogP contribution in [0.1, 0.15) is 36.9 Å². The van der Waals surface area contributed by atoms with Gasteiger partial charge in [0.05, 0.1) is 12.1 Å². The second-order valence-electron chi connectivity index (χ2n) is 5.67. The van der Waals surface area contributed by atoms with Gasteiger partial charge in [-0.05, 0) is 37.5 Å². The van der Waals surface area contributed by atoms with Gasteiger partial charge in [-0.15, -0.1) is 0 Å². The number of likely N-dealkylation sites (tertiary alicyclic amines) is 1. The Labute approximate surface area is 119 Å². The van der Waals surface area contributed by atoms with Gasteiger partial charge < -0.3 is 9.30 Å². The molecule has 0 N–H and O–H groups in total. The van der Waals surface area contributed by atoms with Crippen LogP contribution in [0.5, 0.6) is 0 Å². The summed E-state index contributed by atoms with van der Waals surface area (Å²) in [4.78, 5) is 18.9. The molecule has 0 bridgehead atoms. The van der Waals surface area contributed by atoms with Gasteiger partial charge in [0.1, 0.15) is 5.65 Å². The molecule has 0 aliphatic carbocycles. The highest BCUT2D eigenvalue weighted by Gasteiger charge is 2.17. The number of nitrogens with zero attached hydrogens (tertiary/aromatic N) is 3. The van der Waals surface area contributed by atoms with E-state index in [9.17, 15) is 4.79 Å². The number of amides is 1. The van der Waals surface area contributed by atoms with Crippen molar-refractivity contribution in [1.29, 1.82) is 0 Å².